The molecule has 0 saturated carbocycles. The minimum atomic E-state index is -0.0823. The SMILES string of the molecule is CN(CCBr)C(=O)c1ccc(I)c(O)c1. The van der Waals surface area contributed by atoms with E-state index in [4.69, 9.17) is 0 Å². The molecule has 0 aliphatic rings. The zero-order chi connectivity index (χ0) is 11.4. The largest absolute Gasteiger partial charge is 0.507 e. The Morgan fingerprint density at radius 2 is 2.27 bits per heavy atom. The molecule has 0 unspecified atom stereocenters. The van der Waals surface area contributed by atoms with Gasteiger partial charge in [-0.1, -0.05) is 15.9 Å². The second-order valence-corrected chi connectivity index (χ2v) is 5.04. The van der Waals surface area contributed by atoms with Crippen molar-refractivity contribution in [2.24, 2.45) is 0 Å². The Morgan fingerprint density at radius 1 is 1.60 bits per heavy atom. The lowest BCUT2D eigenvalue weighted by Gasteiger charge is -2.15. The number of rotatable bonds is 3. The molecule has 0 saturated heterocycles. The fraction of sp³-hybridized carbons (Fsp3) is 0.300. The van der Waals surface area contributed by atoms with Crippen LogP contribution >= 0.6 is 38.5 Å². The van der Waals surface area contributed by atoms with Crippen LogP contribution in [0.4, 0.5) is 0 Å². The summed E-state index contributed by atoms with van der Waals surface area (Å²) in [5.41, 5.74) is 0.511. The molecule has 0 aliphatic heterocycles. The second-order valence-electron chi connectivity index (χ2n) is 3.08. The van der Waals surface area contributed by atoms with Crippen molar-refractivity contribution in [2.75, 3.05) is 18.9 Å². The molecule has 0 bridgehead atoms. The highest BCUT2D eigenvalue weighted by molar-refractivity contribution is 14.1. The molecule has 0 atom stereocenters. The van der Waals surface area contributed by atoms with Gasteiger partial charge in [-0.2, -0.15) is 0 Å². The van der Waals surface area contributed by atoms with E-state index in [9.17, 15) is 9.90 Å². The summed E-state index contributed by atoms with van der Waals surface area (Å²) in [5.74, 6) is 0.0647. The van der Waals surface area contributed by atoms with Crippen molar-refractivity contribution in [1.82, 2.24) is 4.90 Å². The van der Waals surface area contributed by atoms with Gasteiger partial charge in [-0.3, -0.25) is 4.79 Å². The van der Waals surface area contributed by atoms with Gasteiger partial charge in [0.05, 0.1) is 3.57 Å². The summed E-state index contributed by atoms with van der Waals surface area (Å²) in [6.45, 7) is 0.644. The predicted octanol–water partition coefficient (Wildman–Crippen LogP) is 2.46. The molecule has 1 amide bonds. The molecule has 0 spiro atoms. The zero-order valence-corrected chi connectivity index (χ0v) is 11.9. The number of aromatic hydroxyl groups is 1. The third-order valence-electron chi connectivity index (χ3n) is 1.96. The highest BCUT2D eigenvalue weighted by Gasteiger charge is 2.12. The fourth-order valence-corrected chi connectivity index (χ4v) is 1.96. The lowest BCUT2D eigenvalue weighted by molar-refractivity contribution is 0.0803. The third-order valence-corrected chi connectivity index (χ3v) is 3.23. The molecule has 82 valence electrons. The van der Waals surface area contributed by atoms with E-state index in [-0.39, 0.29) is 11.7 Å². The molecule has 1 aromatic carbocycles. The average molecular weight is 384 g/mol. The number of carbonyl (C=O) groups is 1. The number of amides is 1. The lowest BCUT2D eigenvalue weighted by Crippen LogP contribution is -2.28. The summed E-state index contributed by atoms with van der Waals surface area (Å²) in [6, 6.07) is 4.94. The molecular formula is C10H11BrINO2. The Labute approximate surface area is 111 Å². The van der Waals surface area contributed by atoms with Gasteiger partial charge >= 0.3 is 0 Å². The Hall–Kier alpha value is -0.300. The van der Waals surface area contributed by atoms with Crippen LogP contribution in [-0.2, 0) is 0 Å². The molecule has 1 aromatic rings. The van der Waals surface area contributed by atoms with Crippen LogP contribution in [0.15, 0.2) is 18.2 Å². The lowest BCUT2D eigenvalue weighted by atomic mass is 10.2. The van der Waals surface area contributed by atoms with Gasteiger partial charge in [-0.25, -0.2) is 0 Å². The summed E-state index contributed by atoms with van der Waals surface area (Å²) in [7, 11) is 1.73. The molecule has 0 aromatic heterocycles. The van der Waals surface area contributed by atoms with Gasteiger partial charge in [0, 0.05) is 24.5 Å². The normalized spacial score (nSPS) is 10.1. The minimum absolute atomic E-state index is 0.0823. The zero-order valence-electron chi connectivity index (χ0n) is 8.20. The fourth-order valence-electron chi connectivity index (χ4n) is 1.09. The second kappa shape index (κ2) is 5.69. The first kappa shape index (κ1) is 12.8. The smallest absolute Gasteiger partial charge is 0.253 e. The van der Waals surface area contributed by atoms with Crippen LogP contribution in [0.3, 0.4) is 0 Å². The molecular weight excluding hydrogens is 373 g/mol. The van der Waals surface area contributed by atoms with Crippen LogP contribution < -0.4 is 0 Å². The maximum absolute atomic E-state index is 11.8. The summed E-state index contributed by atoms with van der Waals surface area (Å²) in [5, 5.41) is 10.2. The first-order chi connectivity index (χ1) is 7.06. The number of hydrogen-bond acceptors (Lipinski definition) is 2. The quantitative estimate of drug-likeness (QED) is 0.643. The summed E-state index contributed by atoms with van der Waals surface area (Å²) >= 11 is 5.29. The predicted molar refractivity (Wildman–Crippen MR) is 71.6 cm³/mol. The van der Waals surface area contributed by atoms with Gasteiger partial charge < -0.3 is 10.0 Å². The number of phenolic OH excluding ortho intramolecular Hbond substituents is 1. The van der Waals surface area contributed by atoms with E-state index in [1.807, 2.05) is 22.6 Å². The number of benzene rings is 1. The Morgan fingerprint density at radius 3 is 2.80 bits per heavy atom. The summed E-state index contributed by atoms with van der Waals surface area (Å²) in [6.07, 6.45) is 0. The van der Waals surface area contributed by atoms with E-state index in [1.165, 1.54) is 6.07 Å². The Balaban J connectivity index is 2.87. The van der Waals surface area contributed by atoms with E-state index >= 15 is 0 Å². The average Bonchev–Trinajstić information content (AvgIpc) is 2.21. The highest BCUT2D eigenvalue weighted by Crippen LogP contribution is 2.21. The van der Waals surface area contributed by atoms with Crippen LogP contribution in [0.2, 0.25) is 0 Å². The first-order valence-corrected chi connectivity index (χ1v) is 6.56. The van der Waals surface area contributed by atoms with Gasteiger partial charge in [0.1, 0.15) is 5.75 Å². The molecule has 0 aliphatic carbocycles. The third kappa shape index (κ3) is 3.34. The van der Waals surface area contributed by atoms with Gasteiger partial charge in [-0.15, -0.1) is 0 Å². The van der Waals surface area contributed by atoms with Crippen molar-refractivity contribution in [3.63, 3.8) is 0 Å². The maximum Gasteiger partial charge on any atom is 0.253 e. The summed E-state index contributed by atoms with van der Waals surface area (Å²) < 4.78 is 0.743. The van der Waals surface area contributed by atoms with Crippen molar-refractivity contribution in [3.8, 4) is 5.75 Å². The van der Waals surface area contributed by atoms with Gasteiger partial charge in [0.25, 0.3) is 5.91 Å². The number of nitrogens with zero attached hydrogens (tertiary/aromatic N) is 1. The molecule has 3 nitrogen and oxygen atoms in total. The van der Waals surface area contributed by atoms with Crippen molar-refractivity contribution in [1.29, 1.82) is 0 Å². The van der Waals surface area contributed by atoms with Crippen LogP contribution in [0.25, 0.3) is 0 Å². The van der Waals surface area contributed by atoms with E-state index < -0.39 is 0 Å². The topological polar surface area (TPSA) is 40.5 Å². The van der Waals surface area contributed by atoms with Crippen molar-refractivity contribution >= 4 is 44.4 Å². The maximum atomic E-state index is 11.8. The van der Waals surface area contributed by atoms with Crippen LogP contribution in [0.1, 0.15) is 10.4 Å². The summed E-state index contributed by atoms with van der Waals surface area (Å²) in [4.78, 5) is 13.4. The van der Waals surface area contributed by atoms with Crippen molar-refractivity contribution in [3.05, 3.63) is 27.3 Å². The van der Waals surface area contributed by atoms with Crippen molar-refractivity contribution in [2.45, 2.75) is 0 Å². The van der Waals surface area contributed by atoms with Crippen molar-refractivity contribution < 1.29 is 9.90 Å². The van der Waals surface area contributed by atoms with E-state index in [0.29, 0.717) is 12.1 Å². The van der Waals surface area contributed by atoms with Crippen LogP contribution in [0.5, 0.6) is 5.75 Å². The molecule has 0 fully saturated rings. The number of halogens is 2. The van der Waals surface area contributed by atoms with Gasteiger partial charge in [0.15, 0.2) is 0 Å². The van der Waals surface area contributed by atoms with E-state index in [2.05, 4.69) is 15.9 Å². The van der Waals surface area contributed by atoms with E-state index in [1.54, 1.807) is 24.1 Å². The standard InChI is InChI=1S/C10H11BrINO2/c1-13(5-4-11)10(15)7-2-3-8(12)9(14)6-7/h2-3,6,14H,4-5H2,1H3. The number of carbonyl (C=O) groups excluding carboxylic acids is 1. The van der Waals surface area contributed by atoms with Gasteiger partial charge in [-0.05, 0) is 40.8 Å². The molecule has 0 radical (unpaired) electrons. The molecule has 1 rings (SSSR count). The minimum Gasteiger partial charge on any atom is -0.507 e. The number of hydrogen-bond donors (Lipinski definition) is 1. The number of alkyl halides is 1. The molecule has 5 heteroatoms. The number of phenols is 1. The van der Waals surface area contributed by atoms with Crippen LogP contribution in [0, 0.1) is 3.57 Å². The molecule has 0 heterocycles. The van der Waals surface area contributed by atoms with Crippen LogP contribution in [-0.4, -0.2) is 34.8 Å². The first-order valence-electron chi connectivity index (χ1n) is 4.36. The molecule has 15 heavy (non-hydrogen) atoms. The monoisotopic (exact) mass is 383 g/mol. The Bertz CT molecular complexity index is 370. The van der Waals surface area contributed by atoms with E-state index in [0.717, 1.165) is 8.90 Å². The Kier molecular flexibility index (Phi) is 4.85. The highest BCUT2D eigenvalue weighted by atomic mass is 127. The molecule has 1 N–H and O–H groups in total. The van der Waals surface area contributed by atoms with Gasteiger partial charge in [0.2, 0.25) is 0 Å².